The molecule has 18 heavy (non-hydrogen) atoms. The molecule has 2 unspecified atom stereocenters. The smallest absolute Gasteiger partial charge is 0.325 e. The molecule has 1 aliphatic heterocycles. The van der Waals surface area contributed by atoms with Crippen LogP contribution < -0.4 is 5.73 Å². The Morgan fingerprint density at radius 2 is 2.11 bits per heavy atom. The van der Waals surface area contributed by atoms with Crippen LogP contribution in [0.2, 0.25) is 0 Å². The van der Waals surface area contributed by atoms with Gasteiger partial charge >= 0.3 is 5.97 Å². The lowest BCUT2D eigenvalue weighted by Gasteiger charge is -2.25. The van der Waals surface area contributed by atoms with Gasteiger partial charge in [-0.15, -0.1) is 0 Å². The van der Waals surface area contributed by atoms with Crippen molar-refractivity contribution in [1.29, 1.82) is 0 Å². The standard InChI is InChI=1S/C12H20N2O4/c1-2-18-11(15)5-14(8-3-4-8)12(16)9-6-17-7-10(9)13/h8-10H,2-7,13H2,1H3. The Morgan fingerprint density at radius 3 is 2.61 bits per heavy atom. The van der Waals surface area contributed by atoms with Gasteiger partial charge in [0.25, 0.3) is 0 Å². The van der Waals surface area contributed by atoms with Gasteiger partial charge in [-0.25, -0.2) is 0 Å². The molecule has 2 aliphatic rings. The van der Waals surface area contributed by atoms with Crippen LogP contribution in [0.1, 0.15) is 19.8 Å². The molecule has 0 radical (unpaired) electrons. The Balaban J connectivity index is 1.96. The highest BCUT2D eigenvalue weighted by molar-refractivity contribution is 5.85. The Hall–Kier alpha value is -1.14. The van der Waals surface area contributed by atoms with Crippen molar-refractivity contribution in [1.82, 2.24) is 4.90 Å². The first-order valence-electron chi connectivity index (χ1n) is 6.43. The highest BCUT2D eigenvalue weighted by atomic mass is 16.5. The number of ether oxygens (including phenoxy) is 2. The highest BCUT2D eigenvalue weighted by Crippen LogP contribution is 2.29. The Bertz CT molecular complexity index is 330. The van der Waals surface area contributed by atoms with Gasteiger partial charge < -0.3 is 20.1 Å². The van der Waals surface area contributed by atoms with Crippen LogP contribution in [0.25, 0.3) is 0 Å². The number of nitrogens with two attached hydrogens (primary N) is 1. The number of nitrogens with zero attached hydrogens (tertiary/aromatic N) is 1. The second-order valence-electron chi connectivity index (χ2n) is 4.81. The summed E-state index contributed by atoms with van der Waals surface area (Å²) in [7, 11) is 0. The lowest BCUT2D eigenvalue weighted by molar-refractivity contribution is -0.150. The molecule has 2 N–H and O–H groups in total. The summed E-state index contributed by atoms with van der Waals surface area (Å²) in [5.74, 6) is -0.749. The molecule has 6 heteroatoms. The van der Waals surface area contributed by atoms with E-state index in [0.29, 0.717) is 19.8 Å². The van der Waals surface area contributed by atoms with Crippen molar-refractivity contribution in [3.63, 3.8) is 0 Å². The molecule has 2 atom stereocenters. The van der Waals surface area contributed by atoms with Crippen LogP contribution in [-0.2, 0) is 19.1 Å². The number of carbonyl (C=O) groups excluding carboxylic acids is 2. The summed E-state index contributed by atoms with van der Waals surface area (Å²) in [5.41, 5.74) is 5.84. The number of amides is 1. The van der Waals surface area contributed by atoms with Crippen molar-refractivity contribution in [2.75, 3.05) is 26.4 Å². The van der Waals surface area contributed by atoms with E-state index in [0.717, 1.165) is 12.8 Å². The second-order valence-corrected chi connectivity index (χ2v) is 4.81. The summed E-state index contributed by atoms with van der Waals surface area (Å²) >= 11 is 0. The number of hydrogen-bond acceptors (Lipinski definition) is 5. The van der Waals surface area contributed by atoms with Crippen molar-refractivity contribution >= 4 is 11.9 Å². The lowest BCUT2D eigenvalue weighted by atomic mass is 10.0. The van der Waals surface area contributed by atoms with Gasteiger partial charge in [0.05, 0.1) is 25.7 Å². The first-order chi connectivity index (χ1) is 8.63. The zero-order valence-corrected chi connectivity index (χ0v) is 10.6. The third kappa shape index (κ3) is 3.00. The van der Waals surface area contributed by atoms with Gasteiger partial charge in [0.1, 0.15) is 6.54 Å². The Kier molecular flexibility index (Phi) is 4.19. The molecular weight excluding hydrogens is 236 g/mol. The van der Waals surface area contributed by atoms with Gasteiger partial charge in [-0.05, 0) is 19.8 Å². The molecule has 1 saturated heterocycles. The molecule has 1 heterocycles. The van der Waals surface area contributed by atoms with Crippen LogP contribution >= 0.6 is 0 Å². The third-order valence-corrected chi connectivity index (χ3v) is 3.32. The number of carbonyl (C=O) groups is 2. The maximum Gasteiger partial charge on any atom is 0.325 e. The minimum atomic E-state index is -0.356. The molecule has 0 aromatic heterocycles. The number of rotatable bonds is 5. The zero-order valence-electron chi connectivity index (χ0n) is 10.6. The van der Waals surface area contributed by atoms with E-state index in [1.165, 1.54) is 0 Å². The van der Waals surface area contributed by atoms with Crippen LogP contribution in [0.5, 0.6) is 0 Å². The Morgan fingerprint density at radius 1 is 1.39 bits per heavy atom. The molecule has 0 spiro atoms. The Labute approximate surface area is 106 Å². The van der Waals surface area contributed by atoms with Gasteiger partial charge in [0.15, 0.2) is 0 Å². The first kappa shape index (κ1) is 13.3. The molecule has 0 aromatic rings. The summed E-state index contributed by atoms with van der Waals surface area (Å²) in [6.07, 6.45) is 1.90. The molecule has 0 aromatic carbocycles. The molecule has 1 saturated carbocycles. The number of hydrogen-bond donors (Lipinski definition) is 1. The van der Waals surface area contributed by atoms with Crippen LogP contribution in [-0.4, -0.2) is 55.2 Å². The van der Waals surface area contributed by atoms with E-state index in [9.17, 15) is 9.59 Å². The van der Waals surface area contributed by atoms with E-state index >= 15 is 0 Å². The summed E-state index contributed by atoms with van der Waals surface area (Å²) < 4.78 is 10.1. The van der Waals surface area contributed by atoms with Crippen molar-refractivity contribution in [3.05, 3.63) is 0 Å². The molecule has 2 rings (SSSR count). The van der Waals surface area contributed by atoms with Gasteiger partial charge in [-0.2, -0.15) is 0 Å². The molecule has 102 valence electrons. The van der Waals surface area contributed by atoms with E-state index in [1.54, 1.807) is 11.8 Å². The molecule has 0 bridgehead atoms. The number of esters is 1. The molecule has 1 aliphatic carbocycles. The van der Waals surface area contributed by atoms with E-state index in [-0.39, 0.29) is 36.4 Å². The van der Waals surface area contributed by atoms with Crippen LogP contribution in [0.4, 0.5) is 0 Å². The molecule has 6 nitrogen and oxygen atoms in total. The maximum absolute atomic E-state index is 12.3. The fraction of sp³-hybridized carbons (Fsp3) is 0.833. The highest BCUT2D eigenvalue weighted by Gasteiger charge is 2.41. The quantitative estimate of drug-likeness (QED) is 0.671. The van der Waals surface area contributed by atoms with E-state index in [1.807, 2.05) is 0 Å². The third-order valence-electron chi connectivity index (χ3n) is 3.32. The van der Waals surface area contributed by atoms with E-state index in [2.05, 4.69) is 0 Å². The SMILES string of the molecule is CCOC(=O)CN(C(=O)C1COCC1N)C1CC1. The monoisotopic (exact) mass is 256 g/mol. The summed E-state index contributed by atoms with van der Waals surface area (Å²) in [6, 6.07) is -0.0874. The maximum atomic E-state index is 12.3. The van der Waals surface area contributed by atoms with Gasteiger partial charge in [0, 0.05) is 12.1 Å². The van der Waals surface area contributed by atoms with E-state index in [4.69, 9.17) is 15.2 Å². The van der Waals surface area contributed by atoms with Gasteiger partial charge in [-0.3, -0.25) is 9.59 Å². The summed E-state index contributed by atoms with van der Waals surface area (Å²) in [4.78, 5) is 25.5. The lowest BCUT2D eigenvalue weighted by Crippen LogP contribution is -2.46. The normalized spacial score (nSPS) is 27.0. The van der Waals surface area contributed by atoms with Crippen molar-refractivity contribution in [3.8, 4) is 0 Å². The van der Waals surface area contributed by atoms with E-state index < -0.39 is 0 Å². The topological polar surface area (TPSA) is 81.9 Å². The average Bonchev–Trinajstić information content (AvgIpc) is 3.08. The van der Waals surface area contributed by atoms with Crippen LogP contribution in [0, 0.1) is 5.92 Å². The fourth-order valence-corrected chi connectivity index (χ4v) is 2.16. The van der Waals surface area contributed by atoms with Crippen LogP contribution in [0.15, 0.2) is 0 Å². The predicted molar refractivity (Wildman–Crippen MR) is 63.7 cm³/mol. The minimum Gasteiger partial charge on any atom is -0.465 e. The fourth-order valence-electron chi connectivity index (χ4n) is 2.16. The average molecular weight is 256 g/mol. The predicted octanol–water partition coefficient (Wildman–Crippen LogP) is -0.486. The first-order valence-corrected chi connectivity index (χ1v) is 6.43. The van der Waals surface area contributed by atoms with Gasteiger partial charge in [-0.1, -0.05) is 0 Å². The summed E-state index contributed by atoms with van der Waals surface area (Å²) in [6.45, 7) is 2.88. The molecular formula is C12H20N2O4. The largest absolute Gasteiger partial charge is 0.465 e. The molecule has 2 fully saturated rings. The zero-order chi connectivity index (χ0) is 13.1. The van der Waals surface area contributed by atoms with Gasteiger partial charge in [0.2, 0.25) is 5.91 Å². The van der Waals surface area contributed by atoms with Crippen molar-refractivity contribution < 1.29 is 19.1 Å². The second kappa shape index (κ2) is 5.67. The van der Waals surface area contributed by atoms with Crippen molar-refractivity contribution in [2.24, 2.45) is 11.7 Å². The molecule has 1 amide bonds. The minimum absolute atomic E-state index is 0.0283. The van der Waals surface area contributed by atoms with Crippen LogP contribution in [0.3, 0.4) is 0 Å². The van der Waals surface area contributed by atoms with Crippen molar-refractivity contribution in [2.45, 2.75) is 31.8 Å². The summed E-state index contributed by atoms with van der Waals surface area (Å²) in [5, 5.41) is 0.